The van der Waals surface area contributed by atoms with Crippen molar-refractivity contribution in [3.05, 3.63) is 11.1 Å². The predicted molar refractivity (Wildman–Crippen MR) is 197 cm³/mol. The standard InChI is InChI=1S/C41H66O13/c1-21(2)36(51-34(47)20-31(45)35-27(8)39(48)52-40(35)49)38(50-10)32(46)19-30(44)26(7)29(43)13-11-24(5)37-25(6)16-18-41(54-37)17-15-23(4)33(53-41)14-12-22(3)28(9)42/h21-26,29,31-33,36-38,43,45-46H,11-20H2,1-10H3/t22-,23+,24+,25-,26-,29-,31+,32-,33-,36+,37-,38+,41+/m0/s1. The maximum Gasteiger partial charge on any atom is 0.345 e. The predicted octanol–water partition coefficient (Wildman–Crippen LogP) is 4.79. The average Bonchev–Trinajstić information content (AvgIpc) is 3.37. The van der Waals surface area contributed by atoms with Gasteiger partial charge in [-0.2, -0.15) is 0 Å². The lowest BCUT2D eigenvalue weighted by molar-refractivity contribution is -0.338. The summed E-state index contributed by atoms with van der Waals surface area (Å²) >= 11 is 0. The Hall–Kier alpha value is -2.55. The number of hydrogen-bond donors (Lipinski definition) is 3. The number of aliphatic hydroxyl groups is 3. The summed E-state index contributed by atoms with van der Waals surface area (Å²) in [6.07, 6.45) is -1.03. The Morgan fingerprint density at radius 3 is 2.04 bits per heavy atom. The van der Waals surface area contributed by atoms with E-state index in [0.717, 1.165) is 38.5 Å². The van der Waals surface area contributed by atoms with Crippen LogP contribution in [-0.4, -0.2) is 100 Å². The van der Waals surface area contributed by atoms with Crippen LogP contribution < -0.4 is 0 Å². The van der Waals surface area contributed by atoms with Crippen LogP contribution >= 0.6 is 0 Å². The second kappa shape index (κ2) is 20.0. The van der Waals surface area contributed by atoms with Crippen LogP contribution in [0.1, 0.15) is 127 Å². The summed E-state index contributed by atoms with van der Waals surface area (Å²) in [5.74, 6) is -4.07. The van der Waals surface area contributed by atoms with E-state index in [1.807, 2.05) is 6.92 Å². The highest BCUT2D eigenvalue weighted by Gasteiger charge is 2.48. The number of carbonyl (C=O) groups excluding carboxylic acids is 5. The maximum atomic E-state index is 13.3. The molecule has 13 nitrogen and oxygen atoms in total. The fraction of sp³-hybridized carbons (Fsp3) is 0.829. The molecule has 3 rings (SSSR count). The second-order valence-corrected chi connectivity index (χ2v) is 16.8. The highest BCUT2D eigenvalue weighted by Crippen LogP contribution is 2.45. The summed E-state index contributed by atoms with van der Waals surface area (Å²) in [5.41, 5.74) is -0.403. The van der Waals surface area contributed by atoms with E-state index in [1.54, 1.807) is 27.7 Å². The van der Waals surface area contributed by atoms with E-state index in [0.29, 0.717) is 18.8 Å². The zero-order valence-electron chi connectivity index (χ0n) is 34.0. The molecule has 0 aromatic carbocycles. The van der Waals surface area contributed by atoms with Gasteiger partial charge in [0.2, 0.25) is 0 Å². The molecule has 0 amide bonds. The number of Topliss-reactive ketones (excluding diaryl/α,β-unsaturated/α-hetero) is 2. The maximum absolute atomic E-state index is 13.3. The molecular formula is C41H66O13. The number of ketones is 2. The Labute approximate surface area is 320 Å². The Bertz CT molecular complexity index is 1350. The Morgan fingerprint density at radius 1 is 0.852 bits per heavy atom. The molecule has 3 N–H and O–H groups in total. The van der Waals surface area contributed by atoms with Gasteiger partial charge in [-0.1, -0.05) is 48.5 Å². The molecule has 54 heavy (non-hydrogen) atoms. The third kappa shape index (κ3) is 11.7. The van der Waals surface area contributed by atoms with E-state index >= 15 is 0 Å². The van der Waals surface area contributed by atoms with Crippen molar-refractivity contribution in [2.24, 2.45) is 35.5 Å². The van der Waals surface area contributed by atoms with Crippen LogP contribution in [0.2, 0.25) is 0 Å². The van der Waals surface area contributed by atoms with Crippen LogP contribution in [0.5, 0.6) is 0 Å². The van der Waals surface area contributed by atoms with Crippen molar-refractivity contribution in [1.29, 1.82) is 0 Å². The summed E-state index contributed by atoms with van der Waals surface area (Å²) in [5, 5.41) is 32.7. The molecule has 3 aliphatic heterocycles. The minimum absolute atomic E-state index is 0.00210. The van der Waals surface area contributed by atoms with Crippen molar-refractivity contribution >= 4 is 29.5 Å². The molecule has 2 fully saturated rings. The van der Waals surface area contributed by atoms with E-state index in [9.17, 15) is 39.3 Å². The molecule has 2 saturated heterocycles. The van der Waals surface area contributed by atoms with Crippen LogP contribution in [0.4, 0.5) is 0 Å². The summed E-state index contributed by atoms with van der Waals surface area (Å²) in [6.45, 7) is 16.5. The summed E-state index contributed by atoms with van der Waals surface area (Å²) < 4.78 is 29.1. The second-order valence-electron chi connectivity index (χ2n) is 16.8. The van der Waals surface area contributed by atoms with E-state index in [4.69, 9.17) is 18.9 Å². The van der Waals surface area contributed by atoms with Gasteiger partial charge in [-0.15, -0.1) is 0 Å². The van der Waals surface area contributed by atoms with Gasteiger partial charge in [-0.25, -0.2) is 9.59 Å². The number of esters is 3. The lowest BCUT2D eigenvalue weighted by Gasteiger charge is -2.51. The molecule has 0 aromatic rings. The largest absolute Gasteiger partial charge is 0.459 e. The third-order valence-corrected chi connectivity index (χ3v) is 12.1. The Kier molecular flexibility index (Phi) is 17.0. The number of methoxy groups -OCH3 is 1. The first-order valence-corrected chi connectivity index (χ1v) is 19.8. The van der Waals surface area contributed by atoms with Gasteiger partial charge in [-0.3, -0.25) is 14.4 Å². The molecule has 0 aliphatic carbocycles. The zero-order valence-corrected chi connectivity index (χ0v) is 34.0. The van der Waals surface area contributed by atoms with Crippen molar-refractivity contribution in [3.63, 3.8) is 0 Å². The number of aliphatic hydroxyl groups excluding tert-OH is 3. The first-order valence-electron chi connectivity index (χ1n) is 19.8. The van der Waals surface area contributed by atoms with Crippen molar-refractivity contribution in [3.8, 4) is 0 Å². The van der Waals surface area contributed by atoms with E-state index < -0.39 is 66.6 Å². The molecule has 0 aromatic heterocycles. The summed E-state index contributed by atoms with van der Waals surface area (Å²) in [4.78, 5) is 61.6. The van der Waals surface area contributed by atoms with Gasteiger partial charge >= 0.3 is 17.9 Å². The van der Waals surface area contributed by atoms with Gasteiger partial charge in [0.1, 0.15) is 23.8 Å². The van der Waals surface area contributed by atoms with E-state index in [2.05, 4.69) is 25.5 Å². The van der Waals surface area contributed by atoms with E-state index in [-0.39, 0.29) is 65.0 Å². The fourth-order valence-corrected chi connectivity index (χ4v) is 8.02. The van der Waals surface area contributed by atoms with E-state index in [1.165, 1.54) is 14.0 Å². The quantitative estimate of drug-likeness (QED) is 0.113. The van der Waals surface area contributed by atoms with Crippen LogP contribution in [0.25, 0.3) is 0 Å². The third-order valence-electron chi connectivity index (χ3n) is 12.1. The number of carbonyl (C=O) groups is 5. The van der Waals surface area contributed by atoms with Crippen LogP contribution in [0.3, 0.4) is 0 Å². The number of cyclic esters (lactones) is 2. The van der Waals surface area contributed by atoms with Crippen molar-refractivity contribution in [1.82, 2.24) is 0 Å². The monoisotopic (exact) mass is 766 g/mol. The molecule has 0 radical (unpaired) electrons. The Balaban J connectivity index is 1.54. The lowest BCUT2D eigenvalue weighted by atomic mass is 9.79. The molecule has 308 valence electrons. The zero-order chi connectivity index (χ0) is 40.7. The first-order chi connectivity index (χ1) is 25.2. The molecule has 3 heterocycles. The topological polar surface area (TPSA) is 192 Å². The highest BCUT2D eigenvalue weighted by atomic mass is 16.7. The lowest BCUT2D eigenvalue weighted by Crippen LogP contribution is -2.53. The van der Waals surface area contributed by atoms with Crippen molar-refractivity contribution in [2.75, 3.05) is 7.11 Å². The van der Waals surface area contributed by atoms with Gasteiger partial charge in [0.15, 0.2) is 5.79 Å². The summed E-state index contributed by atoms with van der Waals surface area (Å²) in [7, 11) is 1.32. The van der Waals surface area contributed by atoms with Crippen LogP contribution in [0.15, 0.2) is 11.1 Å². The van der Waals surface area contributed by atoms with Gasteiger partial charge < -0.3 is 39.0 Å². The normalized spacial score (nSPS) is 29.3. The molecule has 0 bridgehead atoms. The highest BCUT2D eigenvalue weighted by molar-refractivity contribution is 6.12. The summed E-state index contributed by atoms with van der Waals surface area (Å²) in [6, 6.07) is 0. The van der Waals surface area contributed by atoms with Gasteiger partial charge in [0, 0.05) is 43.8 Å². The minimum Gasteiger partial charge on any atom is -0.459 e. The molecule has 13 atom stereocenters. The smallest absolute Gasteiger partial charge is 0.345 e. The first kappa shape index (κ1) is 45.8. The minimum atomic E-state index is -1.63. The molecule has 0 unspecified atom stereocenters. The average molecular weight is 767 g/mol. The molecule has 1 spiro atoms. The Morgan fingerprint density at radius 2 is 1.48 bits per heavy atom. The van der Waals surface area contributed by atoms with Gasteiger partial charge in [-0.05, 0) is 76.0 Å². The molecule has 13 heteroatoms. The molecular weight excluding hydrogens is 700 g/mol. The van der Waals surface area contributed by atoms with Crippen LogP contribution in [0, 0.1) is 35.5 Å². The number of rotatable bonds is 20. The fourth-order valence-electron chi connectivity index (χ4n) is 8.02. The SMILES string of the molecule is CO[C@@H]([C@H](OC(=O)C[C@@H](O)C1=C(C)C(=O)OC1=O)C(C)C)[C@@H](O)CC(=O)[C@@H](C)[C@@H](O)CC[C@@H](C)[C@@H]1O[C@]2(CC[C@@H](C)[C@H](CC[C@H](C)C(C)=O)O2)CC[C@@H]1C. The molecule has 3 aliphatic rings. The number of ether oxygens (including phenoxy) is 5. The van der Waals surface area contributed by atoms with Gasteiger partial charge in [0.25, 0.3) is 0 Å². The van der Waals surface area contributed by atoms with Crippen LogP contribution in [-0.2, 0) is 47.7 Å². The molecule has 0 saturated carbocycles. The van der Waals surface area contributed by atoms with Crippen molar-refractivity contribution in [2.45, 2.75) is 175 Å². The van der Waals surface area contributed by atoms with Gasteiger partial charge in [0.05, 0.1) is 42.5 Å². The number of hydrogen-bond acceptors (Lipinski definition) is 13. The van der Waals surface area contributed by atoms with Crippen molar-refractivity contribution < 1.29 is 63.0 Å².